The number of phenolic OH excluding ortho intramolecular Hbond substituents is 2. The highest BCUT2D eigenvalue weighted by Crippen LogP contribution is 2.26. The number of carbonyl (C=O) groups is 1. The number of piperidine rings is 1. The summed E-state index contributed by atoms with van der Waals surface area (Å²) < 4.78 is 0. The monoisotopic (exact) mass is 278 g/mol. The van der Waals surface area contributed by atoms with Crippen LogP contribution >= 0.6 is 0 Å². The molecule has 5 heteroatoms. The van der Waals surface area contributed by atoms with Gasteiger partial charge in [0.15, 0.2) is 11.5 Å². The maximum atomic E-state index is 12.4. The summed E-state index contributed by atoms with van der Waals surface area (Å²) in [5.41, 5.74) is 0.413. The van der Waals surface area contributed by atoms with Crippen molar-refractivity contribution in [2.45, 2.75) is 19.8 Å². The van der Waals surface area contributed by atoms with Crippen molar-refractivity contribution >= 4 is 5.91 Å². The molecule has 1 aliphatic heterocycles. The summed E-state index contributed by atoms with van der Waals surface area (Å²) in [5.74, 6) is -0.0242. The van der Waals surface area contributed by atoms with Gasteiger partial charge in [0.25, 0.3) is 5.91 Å². The van der Waals surface area contributed by atoms with E-state index in [9.17, 15) is 15.0 Å². The third-order valence-corrected chi connectivity index (χ3v) is 3.83. The Morgan fingerprint density at radius 3 is 2.60 bits per heavy atom. The van der Waals surface area contributed by atoms with E-state index in [1.54, 1.807) is 6.07 Å². The predicted molar refractivity (Wildman–Crippen MR) is 76.9 cm³/mol. The highest BCUT2D eigenvalue weighted by Gasteiger charge is 2.21. The Balaban J connectivity index is 2.05. The van der Waals surface area contributed by atoms with Crippen LogP contribution in [-0.2, 0) is 0 Å². The Labute approximate surface area is 119 Å². The van der Waals surface area contributed by atoms with Crippen LogP contribution in [0.5, 0.6) is 11.5 Å². The first-order chi connectivity index (χ1) is 9.61. The summed E-state index contributed by atoms with van der Waals surface area (Å²) in [6, 6.07) is 4.21. The molecule has 1 saturated heterocycles. The number of hydrogen-bond acceptors (Lipinski definition) is 4. The van der Waals surface area contributed by atoms with E-state index in [1.165, 1.54) is 12.1 Å². The van der Waals surface area contributed by atoms with Gasteiger partial charge in [0, 0.05) is 18.7 Å². The molecule has 0 aliphatic carbocycles. The Bertz CT molecular complexity index is 470. The van der Waals surface area contributed by atoms with E-state index in [2.05, 4.69) is 5.32 Å². The van der Waals surface area contributed by atoms with Crippen LogP contribution in [-0.4, -0.2) is 47.2 Å². The molecular weight excluding hydrogens is 256 g/mol. The molecule has 5 nitrogen and oxygen atoms in total. The van der Waals surface area contributed by atoms with Crippen LogP contribution in [0.25, 0.3) is 0 Å². The van der Waals surface area contributed by atoms with Gasteiger partial charge in [0.1, 0.15) is 0 Å². The molecule has 2 rings (SSSR count). The van der Waals surface area contributed by atoms with E-state index >= 15 is 0 Å². The minimum absolute atomic E-state index is 0.0960. The third-order valence-electron chi connectivity index (χ3n) is 3.83. The number of amides is 1. The summed E-state index contributed by atoms with van der Waals surface area (Å²) >= 11 is 0. The lowest BCUT2D eigenvalue weighted by Crippen LogP contribution is -2.39. The number of nitrogens with one attached hydrogen (secondary N) is 1. The van der Waals surface area contributed by atoms with E-state index in [0.29, 0.717) is 18.0 Å². The van der Waals surface area contributed by atoms with E-state index in [1.807, 2.05) is 11.8 Å². The second-order valence-corrected chi connectivity index (χ2v) is 5.24. The fraction of sp³-hybridized carbons (Fsp3) is 0.533. The molecule has 1 fully saturated rings. The molecule has 20 heavy (non-hydrogen) atoms. The minimum Gasteiger partial charge on any atom is -0.504 e. The van der Waals surface area contributed by atoms with Crippen LogP contribution in [0.15, 0.2) is 18.2 Å². The summed E-state index contributed by atoms with van der Waals surface area (Å²) in [7, 11) is 0. The van der Waals surface area contributed by atoms with Crippen molar-refractivity contribution in [2.24, 2.45) is 5.92 Å². The second kappa shape index (κ2) is 6.61. The van der Waals surface area contributed by atoms with Crippen molar-refractivity contribution in [1.82, 2.24) is 10.2 Å². The number of carbonyl (C=O) groups excluding carboxylic acids is 1. The van der Waals surface area contributed by atoms with E-state index in [4.69, 9.17) is 0 Å². The maximum Gasteiger partial charge on any atom is 0.253 e. The second-order valence-electron chi connectivity index (χ2n) is 5.24. The average molecular weight is 278 g/mol. The third kappa shape index (κ3) is 3.42. The van der Waals surface area contributed by atoms with Gasteiger partial charge >= 0.3 is 0 Å². The van der Waals surface area contributed by atoms with Crippen molar-refractivity contribution in [3.05, 3.63) is 23.8 Å². The molecule has 1 amide bonds. The molecule has 0 saturated carbocycles. The van der Waals surface area contributed by atoms with Gasteiger partial charge in [-0.15, -0.1) is 0 Å². The molecule has 1 aromatic rings. The molecule has 1 aromatic carbocycles. The van der Waals surface area contributed by atoms with Crippen molar-refractivity contribution in [3.63, 3.8) is 0 Å². The van der Waals surface area contributed by atoms with Crippen LogP contribution in [0.4, 0.5) is 0 Å². The lowest BCUT2D eigenvalue weighted by molar-refractivity contribution is 0.0726. The number of phenols is 2. The van der Waals surface area contributed by atoms with Gasteiger partial charge in [0.05, 0.1) is 0 Å². The van der Waals surface area contributed by atoms with E-state index in [-0.39, 0.29) is 17.4 Å². The zero-order chi connectivity index (χ0) is 14.5. The summed E-state index contributed by atoms with van der Waals surface area (Å²) in [6.07, 6.45) is 2.18. The molecule has 0 radical (unpaired) electrons. The highest BCUT2D eigenvalue weighted by atomic mass is 16.3. The topological polar surface area (TPSA) is 72.8 Å². The maximum absolute atomic E-state index is 12.4. The summed E-state index contributed by atoms with van der Waals surface area (Å²) in [5, 5.41) is 22.1. The number of benzene rings is 1. The molecule has 110 valence electrons. The first kappa shape index (κ1) is 14.7. The molecule has 0 atom stereocenters. The molecule has 0 bridgehead atoms. The quantitative estimate of drug-likeness (QED) is 0.731. The van der Waals surface area contributed by atoms with Crippen LogP contribution in [0.1, 0.15) is 30.1 Å². The van der Waals surface area contributed by atoms with Crippen LogP contribution in [0.2, 0.25) is 0 Å². The first-order valence-electron chi connectivity index (χ1n) is 7.13. The summed E-state index contributed by atoms with van der Waals surface area (Å²) in [4.78, 5) is 14.2. The first-order valence-corrected chi connectivity index (χ1v) is 7.13. The number of nitrogens with zero attached hydrogens (tertiary/aromatic N) is 1. The lowest BCUT2D eigenvalue weighted by atomic mass is 9.97. The smallest absolute Gasteiger partial charge is 0.253 e. The van der Waals surface area contributed by atoms with Crippen LogP contribution in [0, 0.1) is 5.92 Å². The Morgan fingerprint density at radius 1 is 1.30 bits per heavy atom. The molecule has 0 aromatic heterocycles. The van der Waals surface area contributed by atoms with Gasteiger partial charge in [-0.05, 0) is 57.0 Å². The Morgan fingerprint density at radius 2 is 2.00 bits per heavy atom. The van der Waals surface area contributed by atoms with Crippen molar-refractivity contribution < 1.29 is 15.0 Å². The molecule has 0 spiro atoms. The van der Waals surface area contributed by atoms with Gasteiger partial charge in [0.2, 0.25) is 0 Å². The molecule has 3 N–H and O–H groups in total. The average Bonchev–Trinajstić information content (AvgIpc) is 2.48. The normalized spacial score (nSPS) is 16.1. The van der Waals surface area contributed by atoms with Gasteiger partial charge in [-0.25, -0.2) is 0 Å². The fourth-order valence-electron chi connectivity index (χ4n) is 2.57. The van der Waals surface area contributed by atoms with Crippen molar-refractivity contribution in [1.29, 1.82) is 0 Å². The molecule has 0 unspecified atom stereocenters. The standard InChI is InChI=1S/C15H22N2O3/c1-2-17(10-11-5-7-16-8-6-11)15(20)12-3-4-13(18)14(19)9-12/h3-4,9,11,16,18-19H,2,5-8,10H2,1H3. The van der Waals surface area contributed by atoms with Gasteiger partial charge < -0.3 is 20.4 Å². The molecule has 1 aliphatic rings. The van der Waals surface area contributed by atoms with E-state index < -0.39 is 0 Å². The Kier molecular flexibility index (Phi) is 4.84. The minimum atomic E-state index is -0.256. The fourth-order valence-corrected chi connectivity index (χ4v) is 2.57. The largest absolute Gasteiger partial charge is 0.504 e. The van der Waals surface area contributed by atoms with Gasteiger partial charge in [-0.3, -0.25) is 4.79 Å². The Hall–Kier alpha value is -1.75. The van der Waals surface area contributed by atoms with Crippen LogP contribution in [0.3, 0.4) is 0 Å². The number of aromatic hydroxyl groups is 2. The molecule has 1 heterocycles. The van der Waals surface area contributed by atoms with Gasteiger partial charge in [-0.1, -0.05) is 0 Å². The van der Waals surface area contributed by atoms with Crippen molar-refractivity contribution in [2.75, 3.05) is 26.2 Å². The number of hydrogen-bond donors (Lipinski definition) is 3. The predicted octanol–water partition coefficient (Wildman–Crippen LogP) is 1.56. The highest BCUT2D eigenvalue weighted by molar-refractivity contribution is 5.94. The SMILES string of the molecule is CCN(CC1CCNCC1)C(=O)c1ccc(O)c(O)c1. The van der Waals surface area contributed by atoms with Crippen LogP contribution < -0.4 is 5.32 Å². The van der Waals surface area contributed by atoms with Crippen molar-refractivity contribution in [3.8, 4) is 11.5 Å². The zero-order valence-electron chi connectivity index (χ0n) is 11.8. The summed E-state index contributed by atoms with van der Waals surface area (Å²) in [6.45, 7) is 5.37. The number of rotatable bonds is 4. The lowest BCUT2D eigenvalue weighted by Gasteiger charge is -2.29. The molecular formula is C15H22N2O3. The van der Waals surface area contributed by atoms with Gasteiger partial charge in [-0.2, -0.15) is 0 Å². The van der Waals surface area contributed by atoms with E-state index in [0.717, 1.165) is 32.5 Å². The zero-order valence-corrected chi connectivity index (χ0v) is 11.8.